The van der Waals surface area contributed by atoms with Crippen molar-refractivity contribution >= 4 is 52.4 Å². The topological polar surface area (TPSA) is 88.3 Å². The first-order valence-electron chi connectivity index (χ1n) is 6.17. The van der Waals surface area contributed by atoms with Crippen LogP contribution < -0.4 is 10.9 Å². The third kappa shape index (κ3) is 4.48. The number of aromatic nitrogens is 1. The molecule has 0 fully saturated rings. The van der Waals surface area contributed by atoms with Crippen LogP contribution in [0.4, 0.5) is 5.69 Å². The van der Waals surface area contributed by atoms with Crippen LogP contribution in [0.25, 0.3) is 0 Å². The molecule has 120 valence electrons. The van der Waals surface area contributed by atoms with E-state index in [4.69, 9.17) is 39.5 Å². The molecule has 9 heteroatoms. The molecule has 0 unspecified atom stereocenters. The second kappa shape index (κ2) is 7.50. The quantitative estimate of drug-likeness (QED) is 0.635. The zero-order chi connectivity index (χ0) is 17.0. The highest BCUT2D eigenvalue weighted by atomic mass is 35.5. The number of anilines is 1. The summed E-state index contributed by atoms with van der Waals surface area (Å²) < 4.78 is 4.76. The Hall–Kier alpha value is -2.02. The number of aromatic amines is 1. The Labute approximate surface area is 145 Å². The van der Waals surface area contributed by atoms with Crippen LogP contribution in [0, 0.1) is 0 Å². The summed E-state index contributed by atoms with van der Waals surface area (Å²) in [6.07, 6.45) is 1.37. The lowest BCUT2D eigenvalue weighted by molar-refractivity contribution is -0.119. The fourth-order valence-electron chi connectivity index (χ4n) is 1.60. The first kappa shape index (κ1) is 17.3. The zero-order valence-corrected chi connectivity index (χ0v) is 13.6. The Morgan fingerprint density at radius 1 is 1.13 bits per heavy atom. The first-order chi connectivity index (χ1) is 10.9. The normalized spacial score (nSPS) is 10.2. The number of ether oxygens (including phenoxy) is 1. The number of rotatable bonds is 4. The molecule has 23 heavy (non-hydrogen) atoms. The number of hydrogen-bond acceptors (Lipinski definition) is 4. The maximum atomic E-state index is 11.8. The Bertz CT molecular complexity index is 820. The number of benzene rings is 1. The van der Waals surface area contributed by atoms with Gasteiger partial charge in [-0.2, -0.15) is 0 Å². The molecule has 0 saturated carbocycles. The highest BCUT2D eigenvalue weighted by Crippen LogP contribution is 2.32. The Morgan fingerprint density at radius 3 is 2.52 bits per heavy atom. The highest BCUT2D eigenvalue weighted by Gasteiger charge is 2.14. The molecule has 6 nitrogen and oxygen atoms in total. The molecule has 0 aliphatic rings. The SMILES string of the molecule is O=C(COC(=O)c1ccc[nH]c1=O)Nc1cc(Cl)c(Cl)cc1Cl. The summed E-state index contributed by atoms with van der Waals surface area (Å²) in [6.45, 7) is -0.594. The van der Waals surface area contributed by atoms with E-state index in [1.54, 1.807) is 0 Å². The van der Waals surface area contributed by atoms with E-state index in [1.165, 1.54) is 30.5 Å². The molecule has 0 saturated heterocycles. The van der Waals surface area contributed by atoms with Crippen molar-refractivity contribution in [2.75, 3.05) is 11.9 Å². The van der Waals surface area contributed by atoms with Crippen LogP contribution in [0.15, 0.2) is 35.3 Å². The van der Waals surface area contributed by atoms with Gasteiger partial charge in [0.25, 0.3) is 11.5 Å². The second-order valence-corrected chi connectivity index (χ2v) is 5.50. The van der Waals surface area contributed by atoms with Crippen molar-refractivity contribution in [3.05, 3.63) is 61.4 Å². The largest absolute Gasteiger partial charge is 0.452 e. The lowest BCUT2D eigenvalue weighted by Gasteiger charge is -2.09. The molecule has 1 aromatic carbocycles. The van der Waals surface area contributed by atoms with E-state index in [2.05, 4.69) is 10.3 Å². The summed E-state index contributed by atoms with van der Waals surface area (Å²) >= 11 is 17.5. The summed E-state index contributed by atoms with van der Waals surface area (Å²) in [5.41, 5.74) is -0.585. The van der Waals surface area contributed by atoms with Crippen molar-refractivity contribution in [2.45, 2.75) is 0 Å². The molecule has 1 heterocycles. The van der Waals surface area contributed by atoms with Gasteiger partial charge in [-0.3, -0.25) is 9.59 Å². The Kier molecular flexibility index (Phi) is 5.65. The maximum absolute atomic E-state index is 11.8. The van der Waals surface area contributed by atoms with Gasteiger partial charge in [0.15, 0.2) is 6.61 Å². The van der Waals surface area contributed by atoms with Crippen molar-refractivity contribution in [2.24, 2.45) is 0 Å². The number of hydrogen-bond donors (Lipinski definition) is 2. The average molecular weight is 376 g/mol. The fourth-order valence-corrected chi connectivity index (χ4v) is 2.19. The lowest BCUT2D eigenvalue weighted by Crippen LogP contribution is -2.24. The summed E-state index contributed by atoms with van der Waals surface area (Å²) in [7, 11) is 0. The first-order valence-corrected chi connectivity index (χ1v) is 7.31. The molecule has 0 bridgehead atoms. The molecule has 1 aromatic heterocycles. The highest BCUT2D eigenvalue weighted by molar-refractivity contribution is 6.44. The molecular weight excluding hydrogens is 367 g/mol. The van der Waals surface area contributed by atoms with Gasteiger partial charge in [0.05, 0.1) is 20.8 Å². The van der Waals surface area contributed by atoms with Gasteiger partial charge < -0.3 is 15.0 Å². The third-order valence-electron chi connectivity index (χ3n) is 2.66. The van der Waals surface area contributed by atoms with E-state index in [9.17, 15) is 14.4 Å². The summed E-state index contributed by atoms with van der Waals surface area (Å²) in [5, 5.41) is 3.05. The van der Waals surface area contributed by atoms with Crippen molar-refractivity contribution in [1.29, 1.82) is 0 Å². The van der Waals surface area contributed by atoms with E-state index < -0.39 is 24.0 Å². The van der Waals surface area contributed by atoms with Crippen LogP contribution in [0.3, 0.4) is 0 Å². The summed E-state index contributed by atoms with van der Waals surface area (Å²) in [5.74, 6) is -1.56. The molecule has 1 amide bonds. The molecule has 0 atom stereocenters. The number of pyridine rings is 1. The molecule has 0 radical (unpaired) electrons. The minimum absolute atomic E-state index is 0.179. The molecular formula is C14H9Cl3N2O4. The van der Waals surface area contributed by atoms with Gasteiger partial charge in [-0.15, -0.1) is 0 Å². The fraction of sp³-hybridized carbons (Fsp3) is 0.0714. The summed E-state index contributed by atoms with van der Waals surface area (Å²) in [4.78, 5) is 37.2. The predicted octanol–water partition coefficient (Wildman–Crippen LogP) is 3.13. The molecule has 2 aromatic rings. The van der Waals surface area contributed by atoms with Crippen LogP contribution in [0.2, 0.25) is 15.1 Å². The van der Waals surface area contributed by atoms with E-state index in [0.29, 0.717) is 0 Å². The van der Waals surface area contributed by atoms with Crippen LogP contribution in [0.1, 0.15) is 10.4 Å². The zero-order valence-electron chi connectivity index (χ0n) is 11.4. The number of H-pyrrole nitrogens is 1. The third-order valence-corrected chi connectivity index (χ3v) is 3.69. The molecule has 2 rings (SSSR count). The van der Waals surface area contributed by atoms with E-state index >= 15 is 0 Å². The van der Waals surface area contributed by atoms with E-state index in [-0.39, 0.29) is 26.3 Å². The van der Waals surface area contributed by atoms with Gasteiger partial charge in [0.2, 0.25) is 0 Å². The Morgan fingerprint density at radius 2 is 1.83 bits per heavy atom. The smallest absolute Gasteiger partial charge is 0.344 e. The molecule has 2 N–H and O–H groups in total. The maximum Gasteiger partial charge on any atom is 0.344 e. The Balaban J connectivity index is 1.98. The second-order valence-electron chi connectivity index (χ2n) is 4.28. The van der Waals surface area contributed by atoms with Crippen molar-refractivity contribution in [1.82, 2.24) is 4.98 Å². The van der Waals surface area contributed by atoms with Crippen molar-refractivity contribution in [3.63, 3.8) is 0 Å². The monoisotopic (exact) mass is 374 g/mol. The lowest BCUT2D eigenvalue weighted by atomic mass is 10.3. The predicted molar refractivity (Wildman–Crippen MR) is 87.4 cm³/mol. The average Bonchev–Trinajstić information content (AvgIpc) is 2.51. The number of carbonyl (C=O) groups is 2. The molecule has 0 aliphatic carbocycles. The van der Waals surface area contributed by atoms with Crippen molar-refractivity contribution < 1.29 is 14.3 Å². The van der Waals surface area contributed by atoms with Crippen LogP contribution in [-0.2, 0) is 9.53 Å². The van der Waals surface area contributed by atoms with Crippen LogP contribution >= 0.6 is 34.8 Å². The van der Waals surface area contributed by atoms with E-state index in [1.807, 2.05) is 0 Å². The van der Waals surface area contributed by atoms with Crippen LogP contribution in [-0.4, -0.2) is 23.5 Å². The number of carbonyl (C=O) groups excluding carboxylic acids is 2. The van der Waals surface area contributed by atoms with Crippen molar-refractivity contribution in [3.8, 4) is 0 Å². The van der Waals surface area contributed by atoms with Gasteiger partial charge in [-0.25, -0.2) is 4.79 Å². The van der Waals surface area contributed by atoms with Gasteiger partial charge in [0, 0.05) is 6.20 Å². The van der Waals surface area contributed by atoms with E-state index in [0.717, 1.165) is 0 Å². The van der Waals surface area contributed by atoms with Gasteiger partial charge in [-0.1, -0.05) is 34.8 Å². The minimum atomic E-state index is -0.915. The number of nitrogens with one attached hydrogen (secondary N) is 2. The molecule has 0 aliphatic heterocycles. The van der Waals surface area contributed by atoms with Gasteiger partial charge in [0.1, 0.15) is 5.56 Å². The van der Waals surface area contributed by atoms with Gasteiger partial charge >= 0.3 is 5.97 Å². The summed E-state index contributed by atoms with van der Waals surface area (Å²) in [6, 6.07) is 5.49. The van der Waals surface area contributed by atoms with Crippen LogP contribution in [0.5, 0.6) is 0 Å². The standard InChI is InChI=1S/C14H9Cl3N2O4/c15-8-4-10(17)11(5-9(8)16)19-12(20)6-23-14(22)7-2-1-3-18-13(7)21/h1-5H,6H2,(H,18,21)(H,19,20). The van der Waals surface area contributed by atoms with Gasteiger partial charge in [-0.05, 0) is 24.3 Å². The number of halogens is 3. The molecule has 0 spiro atoms. The minimum Gasteiger partial charge on any atom is -0.452 e. The number of esters is 1. The number of amides is 1.